The Kier molecular flexibility index (Phi) is 12.4. The van der Waals surface area contributed by atoms with Gasteiger partial charge in [-0.1, -0.05) is 59.1 Å². The Morgan fingerprint density at radius 1 is 1.09 bits per heavy atom. The average molecular weight is 477 g/mol. The second-order valence-corrected chi connectivity index (χ2v) is 10.7. The first-order valence-electron chi connectivity index (χ1n) is 13.5. The molecule has 0 saturated heterocycles. The number of aliphatic hydroxyl groups excluding tert-OH is 2. The monoisotopic (exact) mass is 476 g/mol. The molecule has 0 spiro atoms. The van der Waals surface area contributed by atoms with Gasteiger partial charge >= 0.3 is 5.97 Å². The number of aliphatic hydroxyl groups is 2. The third kappa shape index (κ3) is 9.58. The zero-order valence-electron chi connectivity index (χ0n) is 22.1. The number of hydrogen-bond acceptors (Lipinski definition) is 5. The van der Waals surface area contributed by atoms with Crippen LogP contribution < -0.4 is 4.74 Å². The maximum atomic E-state index is 12.2. The van der Waals surface area contributed by atoms with Crippen molar-refractivity contribution in [3.8, 4) is 5.75 Å². The van der Waals surface area contributed by atoms with Crippen LogP contribution in [0.25, 0.3) is 0 Å². The van der Waals surface area contributed by atoms with Crippen LogP contribution >= 0.6 is 0 Å². The lowest BCUT2D eigenvalue weighted by atomic mass is 9.79. The van der Waals surface area contributed by atoms with E-state index in [0.29, 0.717) is 5.92 Å². The highest BCUT2D eigenvalue weighted by Gasteiger charge is 2.26. The fourth-order valence-corrected chi connectivity index (χ4v) is 4.67. The van der Waals surface area contributed by atoms with E-state index in [-0.39, 0.29) is 42.7 Å². The first-order valence-corrected chi connectivity index (χ1v) is 13.5. The molecular formula is C29H48O5. The van der Waals surface area contributed by atoms with E-state index < -0.39 is 0 Å². The lowest BCUT2D eigenvalue weighted by molar-refractivity contribution is -0.152. The minimum Gasteiger partial charge on any atom is -0.482 e. The van der Waals surface area contributed by atoms with E-state index in [1.165, 1.54) is 18.4 Å². The molecule has 0 fully saturated rings. The summed E-state index contributed by atoms with van der Waals surface area (Å²) in [6.07, 6.45) is 8.76. The summed E-state index contributed by atoms with van der Waals surface area (Å²) >= 11 is 0. The van der Waals surface area contributed by atoms with Crippen LogP contribution in [0.1, 0.15) is 97.1 Å². The maximum Gasteiger partial charge on any atom is 0.344 e. The summed E-state index contributed by atoms with van der Waals surface area (Å²) in [6, 6.07) is 6.05. The summed E-state index contributed by atoms with van der Waals surface area (Å²) in [6.45, 7) is 10.1. The van der Waals surface area contributed by atoms with Gasteiger partial charge in [0.05, 0.1) is 12.2 Å². The van der Waals surface area contributed by atoms with Crippen molar-refractivity contribution in [2.75, 3.05) is 6.61 Å². The molecule has 0 radical (unpaired) electrons. The SMILES string of the molecule is CCCCC[C@H](O)CC[C@H](C)[C@H](O)C[C@H]1CCc2cccc(OCC(=O)O[C@@H](C)C(C)C)c2C1. The Labute approximate surface area is 207 Å². The molecule has 0 aliphatic heterocycles. The number of unbranched alkanes of at least 4 members (excludes halogenated alkanes) is 2. The van der Waals surface area contributed by atoms with Gasteiger partial charge in [-0.3, -0.25) is 0 Å². The van der Waals surface area contributed by atoms with Crippen molar-refractivity contribution in [2.45, 2.75) is 117 Å². The zero-order valence-corrected chi connectivity index (χ0v) is 22.1. The van der Waals surface area contributed by atoms with Gasteiger partial charge in [0.1, 0.15) is 11.9 Å². The van der Waals surface area contributed by atoms with Gasteiger partial charge in [-0.05, 0) is 86.8 Å². The van der Waals surface area contributed by atoms with Crippen LogP contribution in [-0.2, 0) is 22.4 Å². The molecule has 0 aromatic heterocycles. The lowest BCUT2D eigenvalue weighted by Gasteiger charge is -2.30. The molecule has 0 unspecified atom stereocenters. The Morgan fingerprint density at radius 3 is 2.56 bits per heavy atom. The molecule has 2 rings (SSSR count). The van der Waals surface area contributed by atoms with Gasteiger partial charge in [0.2, 0.25) is 0 Å². The predicted molar refractivity (Wildman–Crippen MR) is 137 cm³/mol. The number of aryl methyl sites for hydroxylation is 1. The molecule has 194 valence electrons. The van der Waals surface area contributed by atoms with Crippen LogP contribution in [0.15, 0.2) is 18.2 Å². The van der Waals surface area contributed by atoms with E-state index >= 15 is 0 Å². The quantitative estimate of drug-likeness (QED) is 0.245. The molecule has 1 aromatic carbocycles. The van der Waals surface area contributed by atoms with Crippen molar-refractivity contribution in [1.82, 2.24) is 0 Å². The van der Waals surface area contributed by atoms with Gasteiger partial charge in [0.15, 0.2) is 6.61 Å². The zero-order chi connectivity index (χ0) is 25.1. The van der Waals surface area contributed by atoms with E-state index in [4.69, 9.17) is 9.47 Å². The van der Waals surface area contributed by atoms with E-state index in [9.17, 15) is 15.0 Å². The Hall–Kier alpha value is -1.59. The van der Waals surface area contributed by atoms with E-state index in [1.54, 1.807) is 0 Å². The molecule has 1 aliphatic carbocycles. The number of benzene rings is 1. The third-order valence-corrected chi connectivity index (χ3v) is 7.47. The minimum atomic E-state index is -0.366. The Balaban J connectivity index is 1.85. The van der Waals surface area contributed by atoms with Crippen molar-refractivity contribution < 1.29 is 24.5 Å². The number of fused-ring (bicyclic) bond motifs is 1. The summed E-state index contributed by atoms with van der Waals surface area (Å²) < 4.78 is 11.3. The maximum absolute atomic E-state index is 12.2. The Morgan fingerprint density at radius 2 is 1.85 bits per heavy atom. The molecule has 1 aliphatic rings. The van der Waals surface area contributed by atoms with Gasteiger partial charge in [-0.2, -0.15) is 0 Å². The molecule has 5 nitrogen and oxygen atoms in total. The number of ether oxygens (including phenoxy) is 2. The molecule has 5 heteroatoms. The number of esters is 1. The fraction of sp³-hybridized carbons (Fsp3) is 0.759. The van der Waals surface area contributed by atoms with Crippen molar-refractivity contribution >= 4 is 5.97 Å². The molecule has 1 aromatic rings. The van der Waals surface area contributed by atoms with Crippen LogP contribution in [-0.4, -0.2) is 41.1 Å². The summed E-state index contributed by atoms with van der Waals surface area (Å²) in [5.41, 5.74) is 2.44. The van der Waals surface area contributed by atoms with Gasteiger partial charge in [-0.25, -0.2) is 4.79 Å². The summed E-state index contributed by atoms with van der Waals surface area (Å²) in [7, 11) is 0. The van der Waals surface area contributed by atoms with E-state index in [2.05, 4.69) is 19.9 Å². The first-order chi connectivity index (χ1) is 16.2. The molecule has 0 amide bonds. The summed E-state index contributed by atoms with van der Waals surface area (Å²) in [4.78, 5) is 12.2. The number of carbonyl (C=O) groups excluding carboxylic acids is 1. The summed E-state index contributed by atoms with van der Waals surface area (Å²) in [5, 5.41) is 21.0. The predicted octanol–water partition coefficient (Wildman–Crippen LogP) is 5.87. The number of rotatable bonds is 15. The normalized spacial score (nSPS) is 19.2. The fourth-order valence-electron chi connectivity index (χ4n) is 4.67. The molecule has 0 bridgehead atoms. The highest BCUT2D eigenvalue weighted by Crippen LogP contribution is 2.35. The standard InChI is InChI=1S/C29H48O5/c1-6-7-8-11-25(30)16-13-21(4)27(31)18-23-14-15-24-10-9-12-28(26(24)17-23)33-19-29(32)34-22(5)20(2)3/h9-10,12,20-23,25,27,30-31H,6-8,11,13-19H2,1-5H3/t21-,22-,23-,25-,27+/m0/s1. The van der Waals surface area contributed by atoms with Crippen molar-refractivity contribution in [3.63, 3.8) is 0 Å². The van der Waals surface area contributed by atoms with Gasteiger partial charge in [0, 0.05) is 0 Å². The van der Waals surface area contributed by atoms with Crippen LogP contribution in [0, 0.1) is 17.8 Å². The second kappa shape index (κ2) is 14.7. The van der Waals surface area contributed by atoms with Crippen molar-refractivity contribution in [3.05, 3.63) is 29.3 Å². The molecule has 0 heterocycles. The molecule has 34 heavy (non-hydrogen) atoms. The Bertz CT molecular complexity index is 731. The second-order valence-electron chi connectivity index (χ2n) is 10.7. The van der Waals surface area contributed by atoms with Crippen LogP contribution in [0.5, 0.6) is 5.75 Å². The number of hydrogen-bond donors (Lipinski definition) is 2. The van der Waals surface area contributed by atoms with E-state index in [1.807, 2.05) is 32.9 Å². The van der Waals surface area contributed by atoms with Crippen LogP contribution in [0.2, 0.25) is 0 Å². The molecule has 0 saturated carbocycles. The summed E-state index contributed by atoms with van der Waals surface area (Å²) in [5.74, 6) is 1.25. The van der Waals surface area contributed by atoms with Gasteiger partial charge in [0.25, 0.3) is 0 Å². The van der Waals surface area contributed by atoms with Crippen molar-refractivity contribution in [1.29, 1.82) is 0 Å². The molecule has 5 atom stereocenters. The van der Waals surface area contributed by atoms with Crippen LogP contribution in [0.4, 0.5) is 0 Å². The third-order valence-electron chi connectivity index (χ3n) is 7.47. The highest BCUT2D eigenvalue weighted by atomic mass is 16.6. The largest absolute Gasteiger partial charge is 0.482 e. The van der Waals surface area contributed by atoms with E-state index in [0.717, 1.165) is 62.7 Å². The van der Waals surface area contributed by atoms with Crippen molar-refractivity contribution in [2.24, 2.45) is 17.8 Å². The molecule has 2 N–H and O–H groups in total. The van der Waals surface area contributed by atoms with Gasteiger partial charge < -0.3 is 19.7 Å². The van der Waals surface area contributed by atoms with Crippen LogP contribution in [0.3, 0.4) is 0 Å². The lowest BCUT2D eigenvalue weighted by Crippen LogP contribution is -2.26. The van der Waals surface area contributed by atoms with Gasteiger partial charge in [-0.15, -0.1) is 0 Å². The smallest absolute Gasteiger partial charge is 0.344 e. The average Bonchev–Trinajstić information content (AvgIpc) is 2.81. The number of carbonyl (C=O) groups is 1. The topological polar surface area (TPSA) is 76.0 Å². The highest BCUT2D eigenvalue weighted by molar-refractivity contribution is 5.71. The molecular weight excluding hydrogens is 428 g/mol. The first kappa shape index (κ1) is 28.6. The minimum absolute atomic E-state index is 0.0849.